The van der Waals surface area contributed by atoms with Gasteiger partial charge in [-0.2, -0.15) is 4.31 Å². The average molecular weight is 459 g/mol. The van der Waals surface area contributed by atoms with Crippen LogP contribution in [0.25, 0.3) is 0 Å². The largest absolute Gasteiger partial charge is 0.348 e. The number of hydrogen-bond acceptors (Lipinski definition) is 3. The van der Waals surface area contributed by atoms with Crippen LogP contribution in [0.4, 0.5) is 8.78 Å². The van der Waals surface area contributed by atoms with Gasteiger partial charge in [-0.05, 0) is 49.7 Å². The van der Waals surface area contributed by atoms with Gasteiger partial charge < -0.3 is 5.32 Å². The number of amides is 1. The number of rotatable bonds is 8. The van der Waals surface area contributed by atoms with E-state index >= 15 is 0 Å². The molecule has 0 saturated heterocycles. The molecule has 0 bridgehead atoms. The van der Waals surface area contributed by atoms with Crippen LogP contribution in [-0.4, -0.2) is 25.2 Å². The van der Waals surface area contributed by atoms with Crippen molar-refractivity contribution in [2.75, 3.05) is 6.54 Å². The molecule has 0 aliphatic carbocycles. The van der Waals surface area contributed by atoms with Crippen molar-refractivity contribution in [1.29, 1.82) is 0 Å². The topological polar surface area (TPSA) is 66.5 Å². The molecule has 32 heavy (non-hydrogen) atoms. The Balaban J connectivity index is 1.84. The monoisotopic (exact) mass is 458 g/mol. The fourth-order valence-electron chi connectivity index (χ4n) is 3.18. The molecule has 3 rings (SSSR count). The quantitative estimate of drug-likeness (QED) is 0.546. The van der Waals surface area contributed by atoms with Gasteiger partial charge in [-0.15, -0.1) is 0 Å². The minimum Gasteiger partial charge on any atom is -0.348 e. The Bertz CT molecular complexity index is 1180. The molecule has 0 unspecified atom stereocenters. The number of sulfonamides is 1. The fraction of sp³-hybridized carbons (Fsp3) is 0.208. The van der Waals surface area contributed by atoms with Crippen molar-refractivity contribution in [1.82, 2.24) is 9.62 Å². The maximum Gasteiger partial charge on any atom is 0.243 e. The highest BCUT2D eigenvalue weighted by atomic mass is 32.2. The molecule has 0 aromatic heterocycles. The molecule has 8 heteroatoms. The van der Waals surface area contributed by atoms with Crippen LogP contribution in [-0.2, 0) is 21.4 Å². The minimum absolute atomic E-state index is 0.0128. The highest BCUT2D eigenvalue weighted by Gasteiger charge is 2.28. The predicted octanol–water partition coefficient (Wildman–Crippen LogP) is 4.34. The van der Waals surface area contributed by atoms with E-state index < -0.39 is 40.2 Å². The number of nitrogens with one attached hydrogen (secondary N) is 1. The van der Waals surface area contributed by atoms with Gasteiger partial charge in [0.2, 0.25) is 15.9 Å². The van der Waals surface area contributed by atoms with Crippen molar-refractivity contribution < 1.29 is 22.0 Å². The number of halogens is 2. The van der Waals surface area contributed by atoms with Gasteiger partial charge in [-0.1, -0.05) is 48.0 Å². The molecule has 0 aliphatic heterocycles. The molecule has 3 aromatic rings. The van der Waals surface area contributed by atoms with E-state index in [4.69, 9.17) is 0 Å². The molecular weight excluding hydrogens is 434 g/mol. The van der Waals surface area contributed by atoms with E-state index in [-0.39, 0.29) is 17.0 Å². The van der Waals surface area contributed by atoms with Gasteiger partial charge in [0.15, 0.2) is 0 Å². The summed E-state index contributed by atoms with van der Waals surface area (Å²) in [6.45, 7) is 2.73. The van der Waals surface area contributed by atoms with Crippen LogP contribution in [0.1, 0.15) is 29.7 Å². The van der Waals surface area contributed by atoms with E-state index in [1.165, 1.54) is 42.5 Å². The fourth-order valence-corrected chi connectivity index (χ4v) is 4.56. The van der Waals surface area contributed by atoms with Gasteiger partial charge in [-0.25, -0.2) is 17.2 Å². The first-order valence-corrected chi connectivity index (χ1v) is 11.5. The summed E-state index contributed by atoms with van der Waals surface area (Å²) in [5, 5.41) is 2.72. The zero-order valence-electron chi connectivity index (χ0n) is 17.8. The van der Waals surface area contributed by atoms with Crippen LogP contribution in [0.15, 0.2) is 77.7 Å². The molecule has 0 heterocycles. The van der Waals surface area contributed by atoms with Crippen molar-refractivity contribution in [3.8, 4) is 0 Å². The molecule has 1 N–H and O–H groups in total. The Morgan fingerprint density at radius 2 is 1.59 bits per heavy atom. The molecule has 0 fully saturated rings. The smallest absolute Gasteiger partial charge is 0.243 e. The number of benzene rings is 3. The minimum atomic E-state index is -4.08. The Morgan fingerprint density at radius 3 is 2.22 bits per heavy atom. The first kappa shape index (κ1) is 23.6. The second-order valence-corrected chi connectivity index (χ2v) is 9.46. The van der Waals surface area contributed by atoms with E-state index in [1.54, 1.807) is 37.3 Å². The van der Waals surface area contributed by atoms with Gasteiger partial charge in [0.25, 0.3) is 0 Å². The van der Waals surface area contributed by atoms with Gasteiger partial charge in [0.05, 0.1) is 17.5 Å². The molecule has 5 nitrogen and oxygen atoms in total. The highest BCUT2D eigenvalue weighted by Crippen LogP contribution is 2.21. The maximum absolute atomic E-state index is 14.2. The summed E-state index contributed by atoms with van der Waals surface area (Å²) in [6, 6.07) is 17.2. The lowest BCUT2D eigenvalue weighted by Crippen LogP contribution is -2.41. The third kappa shape index (κ3) is 5.77. The normalized spacial score (nSPS) is 12.5. The van der Waals surface area contributed by atoms with E-state index in [0.29, 0.717) is 5.56 Å². The number of nitrogens with zero attached hydrogens (tertiary/aromatic N) is 1. The molecule has 0 spiro atoms. The lowest BCUT2D eigenvalue weighted by atomic mass is 10.1. The summed E-state index contributed by atoms with van der Waals surface area (Å²) in [5.41, 5.74) is 1.71. The first-order valence-electron chi connectivity index (χ1n) is 10.0. The third-order valence-electron chi connectivity index (χ3n) is 5.03. The Morgan fingerprint density at radius 1 is 0.969 bits per heavy atom. The van der Waals surface area contributed by atoms with Crippen LogP contribution >= 0.6 is 0 Å². The Kier molecular flexibility index (Phi) is 7.37. The Labute approximate surface area is 186 Å². The Hall–Kier alpha value is -3.10. The van der Waals surface area contributed by atoms with Crippen LogP contribution < -0.4 is 5.32 Å². The zero-order chi connectivity index (χ0) is 23.3. The zero-order valence-corrected chi connectivity index (χ0v) is 18.6. The number of carbonyl (C=O) groups is 1. The number of hydrogen-bond donors (Lipinski definition) is 1. The lowest BCUT2D eigenvalue weighted by Gasteiger charge is -2.23. The molecular formula is C24H24F2N2O3S. The van der Waals surface area contributed by atoms with Crippen molar-refractivity contribution in [3.63, 3.8) is 0 Å². The van der Waals surface area contributed by atoms with Crippen molar-refractivity contribution in [2.45, 2.75) is 31.3 Å². The predicted molar refractivity (Wildman–Crippen MR) is 118 cm³/mol. The molecule has 0 saturated carbocycles. The third-order valence-corrected chi connectivity index (χ3v) is 6.84. The summed E-state index contributed by atoms with van der Waals surface area (Å²) >= 11 is 0. The van der Waals surface area contributed by atoms with Gasteiger partial charge in [0, 0.05) is 12.1 Å². The van der Waals surface area contributed by atoms with Crippen molar-refractivity contribution in [3.05, 3.63) is 101 Å². The van der Waals surface area contributed by atoms with Crippen LogP contribution in [0, 0.1) is 18.6 Å². The molecule has 3 aromatic carbocycles. The molecule has 0 radical (unpaired) electrons. The average Bonchev–Trinajstić information content (AvgIpc) is 2.75. The van der Waals surface area contributed by atoms with Crippen LogP contribution in [0.3, 0.4) is 0 Å². The summed E-state index contributed by atoms with van der Waals surface area (Å²) in [7, 11) is -4.08. The SMILES string of the molecule is Cc1ccc(S(=O)(=O)N(CC(=O)N[C@@H](C)c2ccc(F)cc2)Cc2ccccc2F)cc1. The van der Waals surface area contributed by atoms with Gasteiger partial charge >= 0.3 is 0 Å². The molecule has 1 atom stereocenters. The van der Waals surface area contributed by atoms with E-state index in [1.807, 2.05) is 6.92 Å². The van der Waals surface area contributed by atoms with Crippen molar-refractivity contribution in [2.24, 2.45) is 0 Å². The van der Waals surface area contributed by atoms with Crippen molar-refractivity contribution >= 4 is 15.9 Å². The second-order valence-electron chi connectivity index (χ2n) is 7.52. The lowest BCUT2D eigenvalue weighted by molar-refractivity contribution is -0.122. The number of aryl methyl sites for hydroxylation is 1. The molecule has 0 aliphatic rings. The highest BCUT2D eigenvalue weighted by molar-refractivity contribution is 7.89. The summed E-state index contributed by atoms with van der Waals surface area (Å²) < 4.78 is 54.9. The summed E-state index contributed by atoms with van der Waals surface area (Å²) in [5.74, 6) is -1.52. The molecule has 168 valence electrons. The van der Waals surface area contributed by atoms with Crippen LogP contribution in [0.5, 0.6) is 0 Å². The standard InChI is InChI=1S/C24H24F2N2O3S/c1-17-7-13-22(14-8-17)32(30,31)28(15-20-5-3-4-6-23(20)26)16-24(29)27-18(2)19-9-11-21(25)12-10-19/h3-14,18H,15-16H2,1-2H3,(H,27,29)/t18-/m0/s1. The summed E-state index contributed by atoms with van der Waals surface area (Å²) in [6.07, 6.45) is 0. The second kappa shape index (κ2) is 10.0. The van der Waals surface area contributed by atoms with Gasteiger partial charge in [0.1, 0.15) is 11.6 Å². The molecule has 1 amide bonds. The van der Waals surface area contributed by atoms with E-state index in [2.05, 4.69) is 5.32 Å². The first-order chi connectivity index (χ1) is 15.2. The summed E-state index contributed by atoms with van der Waals surface area (Å²) in [4.78, 5) is 12.7. The van der Waals surface area contributed by atoms with E-state index in [9.17, 15) is 22.0 Å². The van der Waals surface area contributed by atoms with E-state index in [0.717, 1.165) is 9.87 Å². The van der Waals surface area contributed by atoms with Gasteiger partial charge in [-0.3, -0.25) is 4.79 Å². The maximum atomic E-state index is 14.2. The van der Waals surface area contributed by atoms with Crippen LogP contribution in [0.2, 0.25) is 0 Å². The number of carbonyl (C=O) groups excluding carboxylic acids is 1.